The number of rotatable bonds is 2. The largest absolute Gasteiger partial charge is 0.352 e. The third-order valence-corrected chi connectivity index (χ3v) is 3.34. The minimum absolute atomic E-state index is 0. The number of nitrogens with zero attached hydrogens (tertiary/aromatic N) is 1. The van der Waals surface area contributed by atoms with Crippen molar-refractivity contribution in [1.29, 1.82) is 0 Å². The lowest BCUT2D eigenvalue weighted by atomic mass is 10.1. The van der Waals surface area contributed by atoms with Gasteiger partial charge in [-0.25, -0.2) is 0 Å². The summed E-state index contributed by atoms with van der Waals surface area (Å²) in [4.78, 5) is 4.26. The number of aliphatic imine (C=N–C) groups is 1. The molecule has 0 atom stereocenters. The molecule has 1 aromatic carbocycles. The number of guanidine groups is 1. The van der Waals surface area contributed by atoms with Crippen LogP contribution in [0.5, 0.6) is 0 Å². The molecule has 0 unspecified atom stereocenters. The third kappa shape index (κ3) is 4.96. The van der Waals surface area contributed by atoms with E-state index in [2.05, 4.69) is 54.6 Å². The molecule has 0 amide bonds. The molecule has 0 saturated carbocycles. The van der Waals surface area contributed by atoms with Crippen molar-refractivity contribution in [2.45, 2.75) is 52.1 Å². The van der Waals surface area contributed by atoms with Gasteiger partial charge < -0.3 is 10.6 Å². The van der Waals surface area contributed by atoms with E-state index in [4.69, 9.17) is 0 Å². The first kappa shape index (κ1) is 17.3. The van der Waals surface area contributed by atoms with Gasteiger partial charge in [0.1, 0.15) is 0 Å². The molecule has 0 saturated heterocycles. The van der Waals surface area contributed by atoms with E-state index in [-0.39, 0.29) is 29.5 Å². The molecule has 0 aliphatic heterocycles. The standard InChI is InChI=1S/C16H25N3.HI/c1-16(2,3)19-15(17-4)18-11-12-8-9-13-6-5-7-14(13)10-12;/h8-10H,5-7,11H2,1-4H3,(H2,17,18,19);1H. The summed E-state index contributed by atoms with van der Waals surface area (Å²) in [6.07, 6.45) is 3.79. The summed E-state index contributed by atoms with van der Waals surface area (Å²) in [5, 5.41) is 6.74. The van der Waals surface area contributed by atoms with Crippen LogP contribution in [0.1, 0.15) is 43.9 Å². The quantitative estimate of drug-likeness (QED) is 0.464. The van der Waals surface area contributed by atoms with Crippen molar-refractivity contribution >= 4 is 29.9 Å². The number of benzene rings is 1. The second-order valence-corrected chi connectivity index (χ2v) is 6.26. The van der Waals surface area contributed by atoms with Gasteiger partial charge in [-0.2, -0.15) is 0 Å². The van der Waals surface area contributed by atoms with E-state index < -0.39 is 0 Å². The summed E-state index contributed by atoms with van der Waals surface area (Å²) in [5.41, 5.74) is 4.41. The molecule has 1 aliphatic rings. The Balaban J connectivity index is 0.00000200. The van der Waals surface area contributed by atoms with Crippen LogP contribution in [-0.2, 0) is 19.4 Å². The Morgan fingerprint density at radius 3 is 2.55 bits per heavy atom. The Hall–Kier alpha value is -0.780. The van der Waals surface area contributed by atoms with Crippen LogP contribution in [-0.4, -0.2) is 18.5 Å². The molecule has 112 valence electrons. The molecule has 0 bridgehead atoms. The minimum atomic E-state index is 0. The molecule has 3 nitrogen and oxygen atoms in total. The number of nitrogens with one attached hydrogen (secondary N) is 2. The van der Waals surface area contributed by atoms with Crippen molar-refractivity contribution < 1.29 is 0 Å². The molecule has 4 heteroatoms. The molecule has 20 heavy (non-hydrogen) atoms. The smallest absolute Gasteiger partial charge is 0.191 e. The van der Waals surface area contributed by atoms with Crippen LogP contribution in [0.3, 0.4) is 0 Å². The first-order chi connectivity index (χ1) is 8.98. The molecule has 0 fully saturated rings. The number of hydrogen-bond donors (Lipinski definition) is 2. The van der Waals surface area contributed by atoms with Gasteiger partial charge in [0.25, 0.3) is 0 Å². The summed E-state index contributed by atoms with van der Waals surface area (Å²) in [5.74, 6) is 0.855. The highest BCUT2D eigenvalue weighted by molar-refractivity contribution is 14.0. The number of halogens is 1. The fourth-order valence-electron chi connectivity index (χ4n) is 2.46. The van der Waals surface area contributed by atoms with Crippen LogP contribution in [0.4, 0.5) is 0 Å². The zero-order valence-electron chi connectivity index (χ0n) is 12.9. The molecular formula is C16H26IN3. The zero-order valence-corrected chi connectivity index (χ0v) is 15.2. The molecule has 1 aliphatic carbocycles. The fraction of sp³-hybridized carbons (Fsp3) is 0.562. The maximum absolute atomic E-state index is 4.26. The number of fused-ring (bicyclic) bond motifs is 1. The average molecular weight is 387 g/mol. The van der Waals surface area contributed by atoms with Crippen LogP contribution in [0.25, 0.3) is 0 Å². The van der Waals surface area contributed by atoms with Gasteiger partial charge in [-0.15, -0.1) is 24.0 Å². The van der Waals surface area contributed by atoms with Gasteiger partial charge in [-0.1, -0.05) is 18.2 Å². The molecule has 2 N–H and O–H groups in total. The summed E-state index contributed by atoms with van der Waals surface area (Å²) < 4.78 is 0. The molecular weight excluding hydrogens is 361 g/mol. The van der Waals surface area contributed by atoms with E-state index in [1.165, 1.54) is 36.0 Å². The molecule has 1 aromatic rings. The van der Waals surface area contributed by atoms with E-state index in [1.807, 2.05) is 7.05 Å². The Labute approximate surface area is 139 Å². The van der Waals surface area contributed by atoms with Gasteiger partial charge in [-0.3, -0.25) is 4.99 Å². The van der Waals surface area contributed by atoms with Crippen molar-refractivity contribution in [3.63, 3.8) is 0 Å². The topological polar surface area (TPSA) is 36.4 Å². The van der Waals surface area contributed by atoms with Gasteiger partial charge in [-0.05, 0) is 56.7 Å². The maximum atomic E-state index is 4.26. The average Bonchev–Trinajstić information content (AvgIpc) is 2.80. The van der Waals surface area contributed by atoms with Crippen molar-refractivity contribution in [3.8, 4) is 0 Å². The fourth-order valence-corrected chi connectivity index (χ4v) is 2.46. The highest BCUT2D eigenvalue weighted by Crippen LogP contribution is 2.22. The Morgan fingerprint density at radius 2 is 1.90 bits per heavy atom. The highest BCUT2D eigenvalue weighted by Gasteiger charge is 2.13. The molecule has 0 aromatic heterocycles. The SMILES string of the molecule is CN=C(NCc1ccc2c(c1)CCC2)NC(C)(C)C.I. The lowest BCUT2D eigenvalue weighted by Gasteiger charge is -2.23. The van der Waals surface area contributed by atoms with Crippen molar-refractivity contribution in [2.75, 3.05) is 7.05 Å². The summed E-state index contributed by atoms with van der Waals surface area (Å²) in [6.45, 7) is 7.23. The van der Waals surface area contributed by atoms with Gasteiger partial charge in [0.15, 0.2) is 5.96 Å². The molecule has 0 radical (unpaired) electrons. The van der Waals surface area contributed by atoms with E-state index in [1.54, 1.807) is 0 Å². The van der Waals surface area contributed by atoms with Crippen molar-refractivity contribution in [3.05, 3.63) is 34.9 Å². The highest BCUT2D eigenvalue weighted by atomic mass is 127. The Morgan fingerprint density at radius 1 is 1.20 bits per heavy atom. The maximum Gasteiger partial charge on any atom is 0.191 e. The van der Waals surface area contributed by atoms with Gasteiger partial charge in [0.05, 0.1) is 0 Å². The normalized spacial score (nSPS) is 14.5. The minimum Gasteiger partial charge on any atom is -0.352 e. The zero-order chi connectivity index (χ0) is 13.9. The van der Waals surface area contributed by atoms with Crippen molar-refractivity contribution in [1.82, 2.24) is 10.6 Å². The van der Waals surface area contributed by atoms with E-state index in [9.17, 15) is 0 Å². The first-order valence-corrected chi connectivity index (χ1v) is 7.07. The number of hydrogen-bond acceptors (Lipinski definition) is 1. The van der Waals surface area contributed by atoms with Crippen LogP contribution < -0.4 is 10.6 Å². The monoisotopic (exact) mass is 387 g/mol. The second kappa shape index (κ2) is 7.29. The lowest BCUT2D eigenvalue weighted by molar-refractivity contribution is 0.501. The summed E-state index contributed by atoms with van der Waals surface area (Å²) in [7, 11) is 1.81. The Kier molecular flexibility index (Phi) is 6.30. The first-order valence-electron chi connectivity index (χ1n) is 7.07. The second-order valence-electron chi connectivity index (χ2n) is 6.26. The van der Waals surface area contributed by atoms with E-state index in [0.29, 0.717) is 0 Å². The van der Waals surface area contributed by atoms with Crippen molar-refractivity contribution in [2.24, 2.45) is 4.99 Å². The van der Waals surface area contributed by atoms with Crippen LogP contribution in [0.15, 0.2) is 23.2 Å². The summed E-state index contributed by atoms with van der Waals surface area (Å²) in [6, 6.07) is 6.83. The molecule has 0 heterocycles. The summed E-state index contributed by atoms with van der Waals surface area (Å²) >= 11 is 0. The van der Waals surface area contributed by atoms with E-state index in [0.717, 1.165) is 12.5 Å². The van der Waals surface area contributed by atoms with Gasteiger partial charge in [0, 0.05) is 19.1 Å². The third-order valence-electron chi connectivity index (χ3n) is 3.34. The van der Waals surface area contributed by atoms with Crippen LogP contribution in [0, 0.1) is 0 Å². The number of aryl methyl sites for hydroxylation is 2. The predicted molar refractivity (Wildman–Crippen MR) is 97.0 cm³/mol. The van der Waals surface area contributed by atoms with Gasteiger partial charge in [0.2, 0.25) is 0 Å². The molecule has 2 rings (SSSR count). The predicted octanol–water partition coefficient (Wildman–Crippen LogP) is 3.26. The van der Waals surface area contributed by atoms with E-state index >= 15 is 0 Å². The lowest BCUT2D eigenvalue weighted by Crippen LogP contribution is -2.47. The van der Waals surface area contributed by atoms with Gasteiger partial charge >= 0.3 is 0 Å². The van der Waals surface area contributed by atoms with Crippen LogP contribution >= 0.6 is 24.0 Å². The van der Waals surface area contributed by atoms with Crippen LogP contribution in [0.2, 0.25) is 0 Å². The molecule has 0 spiro atoms. The Bertz CT molecular complexity index is 475.